The van der Waals surface area contributed by atoms with Gasteiger partial charge in [0.1, 0.15) is 9.84 Å². The van der Waals surface area contributed by atoms with Gasteiger partial charge in [0.05, 0.1) is 17.0 Å². The number of likely N-dealkylation sites (tertiary alicyclic amines) is 1. The van der Waals surface area contributed by atoms with Crippen LogP contribution in [0.15, 0.2) is 0 Å². The van der Waals surface area contributed by atoms with Gasteiger partial charge in [-0.2, -0.15) is 0 Å². The highest BCUT2D eigenvalue weighted by molar-refractivity contribution is 7.90. The predicted molar refractivity (Wildman–Crippen MR) is 90.0 cm³/mol. The third-order valence-electron chi connectivity index (χ3n) is 4.88. The van der Waals surface area contributed by atoms with Crippen molar-refractivity contribution in [3.63, 3.8) is 0 Å². The van der Waals surface area contributed by atoms with Gasteiger partial charge in [-0.3, -0.25) is 0 Å². The van der Waals surface area contributed by atoms with Crippen molar-refractivity contribution in [3.05, 3.63) is 0 Å². The molecule has 0 amide bonds. The fourth-order valence-corrected chi connectivity index (χ4v) is 4.31. The molecule has 0 aliphatic carbocycles. The Labute approximate surface area is 135 Å². The van der Waals surface area contributed by atoms with E-state index in [1.165, 1.54) is 6.26 Å². The molecular weight excluding hydrogens is 300 g/mol. The lowest BCUT2D eigenvalue weighted by molar-refractivity contribution is -0.0708. The molecule has 0 radical (unpaired) electrons. The molecule has 0 aromatic heterocycles. The topological polar surface area (TPSA) is 58.6 Å². The number of nitrogens with one attached hydrogen (secondary N) is 1. The van der Waals surface area contributed by atoms with Crippen molar-refractivity contribution in [1.29, 1.82) is 0 Å². The first-order valence-corrected chi connectivity index (χ1v) is 10.4. The Morgan fingerprint density at radius 1 is 1.18 bits per heavy atom. The second-order valence-electron chi connectivity index (χ2n) is 8.13. The van der Waals surface area contributed by atoms with Gasteiger partial charge < -0.3 is 15.0 Å². The molecule has 22 heavy (non-hydrogen) atoms. The first-order chi connectivity index (χ1) is 9.97. The lowest BCUT2D eigenvalue weighted by Crippen LogP contribution is -2.51. The number of hydrogen-bond acceptors (Lipinski definition) is 5. The van der Waals surface area contributed by atoms with E-state index in [-0.39, 0.29) is 17.0 Å². The SMILES string of the molecule is CC1(C)C[C@H](NC2CCN(CCS(C)(=O)=O)CC2)C(C)(C)O1. The van der Waals surface area contributed by atoms with E-state index in [0.29, 0.717) is 18.6 Å². The summed E-state index contributed by atoms with van der Waals surface area (Å²) in [6.45, 7) is 11.3. The van der Waals surface area contributed by atoms with E-state index in [4.69, 9.17) is 4.74 Å². The Morgan fingerprint density at radius 2 is 1.77 bits per heavy atom. The van der Waals surface area contributed by atoms with Crippen LogP contribution in [0.2, 0.25) is 0 Å². The van der Waals surface area contributed by atoms with Crippen LogP contribution in [0.3, 0.4) is 0 Å². The number of sulfone groups is 1. The van der Waals surface area contributed by atoms with Gasteiger partial charge in [0.2, 0.25) is 0 Å². The monoisotopic (exact) mass is 332 g/mol. The van der Waals surface area contributed by atoms with Gasteiger partial charge in [-0.25, -0.2) is 8.42 Å². The van der Waals surface area contributed by atoms with E-state index in [1.54, 1.807) is 0 Å². The zero-order valence-corrected chi connectivity index (χ0v) is 15.5. The van der Waals surface area contributed by atoms with Crippen LogP contribution in [0.1, 0.15) is 47.0 Å². The zero-order chi connectivity index (χ0) is 16.6. The number of ether oxygens (including phenoxy) is 1. The molecule has 6 heteroatoms. The summed E-state index contributed by atoms with van der Waals surface area (Å²) in [6, 6.07) is 0.895. The fourth-order valence-electron chi connectivity index (χ4n) is 3.72. The summed E-state index contributed by atoms with van der Waals surface area (Å²) < 4.78 is 28.6. The highest BCUT2D eigenvalue weighted by Crippen LogP contribution is 2.37. The minimum absolute atomic E-state index is 0.0582. The lowest BCUT2D eigenvalue weighted by atomic mass is 9.92. The molecule has 2 heterocycles. The molecule has 2 saturated heterocycles. The molecule has 130 valence electrons. The molecule has 1 N–H and O–H groups in total. The van der Waals surface area contributed by atoms with E-state index >= 15 is 0 Å². The van der Waals surface area contributed by atoms with Crippen molar-refractivity contribution in [2.45, 2.75) is 70.2 Å². The highest BCUT2D eigenvalue weighted by atomic mass is 32.2. The van der Waals surface area contributed by atoms with Crippen LogP contribution in [0.25, 0.3) is 0 Å². The van der Waals surface area contributed by atoms with Gasteiger partial charge in [0.15, 0.2) is 0 Å². The second kappa shape index (κ2) is 6.38. The van der Waals surface area contributed by atoms with Crippen LogP contribution in [0.5, 0.6) is 0 Å². The van der Waals surface area contributed by atoms with Crippen molar-refractivity contribution in [1.82, 2.24) is 10.2 Å². The molecule has 0 aromatic carbocycles. The summed E-state index contributed by atoms with van der Waals surface area (Å²) >= 11 is 0. The first-order valence-electron chi connectivity index (χ1n) is 8.33. The molecule has 2 fully saturated rings. The number of piperidine rings is 1. The lowest BCUT2D eigenvalue weighted by Gasteiger charge is -2.36. The summed E-state index contributed by atoms with van der Waals surface area (Å²) in [5, 5.41) is 3.79. The fraction of sp³-hybridized carbons (Fsp3) is 1.00. The number of hydrogen-bond donors (Lipinski definition) is 1. The van der Waals surface area contributed by atoms with Crippen molar-refractivity contribution in [3.8, 4) is 0 Å². The van der Waals surface area contributed by atoms with Crippen molar-refractivity contribution >= 4 is 9.84 Å². The van der Waals surface area contributed by atoms with Crippen molar-refractivity contribution in [2.75, 3.05) is 31.6 Å². The maximum atomic E-state index is 11.2. The summed E-state index contributed by atoms with van der Waals surface area (Å²) in [7, 11) is -2.86. The van der Waals surface area contributed by atoms with E-state index in [2.05, 4.69) is 37.9 Å². The van der Waals surface area contributed by atoms with Crippen molar-refractivity contribution in [2.24, 2.45) is 0 Å². The van der Waals surface area contributed by atoms with Crippen LogP contribution in [0.4, 0.5) is 0 Å². The van der Waals surface area contributed by atoms with Gasteiger partial charge in [0.25, 0.3) is 0 Å². The standard InChI is InChI=1S/C16H32N2O3S/c1-15(2)12-14(16(3,4)21-15)17-13-6-8-18(9-7-13)10-11-22(5,19)20/h13-14,17H,6-12H2,1-5H3/t14-/m0/s1. The van der Waals surface area contributed by atoms with E-state index in [0.717, 1.165) is 32.4 Å². The van der Waals surface area contributed by atoms with E-state index in [9.17, 15) is 8.42 Å². The molecule has 0 spiro atoms. The molecule has 2 aliphatic heterocycles. The maximum Gasteiger partial charge on any atom is 0.148 e. The summed E-state index contributed by atoms with van der Waals surface area (Å²) in [5.74, 6) is 0.267. The first kappa shape index (κ1) is 18.2. The average molecular weight is 333 g/mol. The van der Waals surface area contributed by atoms with Crippen LogP contribution >= 0.6 is 0 Å². The minimum Gasteiger partial charge on any atom is -0.368 e. The molecule has 2 rings (SSSR count). The maximum absolute atomic E-state index is 11.2. The normalized spacial score (nSPS) is 29.8. The quantitative estimate of drug-likeness (QED) is 0.825. The Kier molecular flexibility index (Phi) is 5.27. The second-order valence-corrected chi connectivity index (χ2v) is 10.4. The van der Waals surface area contributed by atoms with Gasteiger partial charge >= 0.3 is 0 Å². The Bertz CT molecular complexity index is 480. The summed E-state index contributed by atoms with van der Waals surface area (Å²) in [4.78, 5) is 2.26. The summed E-state index contributed by atoms with van der Waals surface area (Å²) in [5.41, 5.74) is -0.186. The Hall–Kier alpha value is -0.170. The molecule has 2 aliphatic rings. The Morgan fingerprint density at radius 3 is 2.23 bits per heavy atom. The molecule has 0 unspecified atom stereocenters. The average Bonchev–Trinajstić information content (AvgIpc) is 2.55. The molecule has 0 bridgehead atoms. The van der Waals surface area contributed by atoms with E-state index < -0.39 is 9.84 Å². The van der Waals surface area contributed by atoms with Crippen LogP contribution in [-0.4, -0.2) is 68.2 Å². The number of rotatable bonds is 5. The predicted octanol–water partition coefficient (Wildman–Crippen LogP) is 1.43. The molecule has 5 nitrogen and oxygen atoms in total. The van der Waals surface area contributed by atoms with E-state index in [1.807, 2.05) is 0 Å². The number of nitrogens with zero attached hydrogens (tertiary/aromatic N) is 1. The van der Waals surface area contributed by atoms with Crippen LogP contribution in [-0.2, 0) is 14.6 Å². The minimum atomic E-state index is -2.86. The summed E-state index contributed by atoms with van der Waals surface area (Å²) in [6.07, 6.45) is 4.51. The molecule has 0 aromatic rings. The third kappa shape index (κ3) is 5.18. The van der Waals surface area contributed by atoms with Crippen molar-refractivity contribution < 1.29 is 13.2 Å². The third-order valence-corrected chi connectivity index (χ3v) is 5.80. The van der Waals surface area contributed by atoms with Gasteiger partial charge in [0, 0.05) is 24.9 Å². The van der Waals surface area contributed by atoms with Gasteiger partial charge in [-0.05, 0) is 60.0 Å². The smallest absolute Gasteiger partial charge is 0.148 e. The van der Waals surface area contributed by atoms with Gasteiger partial charge in [-0.15, -0.1) is 0 Å². The van der Waals surface area contributed by atoms with Crippen LogP contribution < -0.4 is 5.32 Å². The zero-order valence-electron chi connectivity index (χ0n) is 14.7. The van der Waals surface area contributed by atoms with Crippen LogP contribution in [0, 0.1) is 0 Å². The molecular formula is C16H32N2O3S. The molecule has 1 atom stereocenters. The molecule has 0 saturated carbocycles. The largest absolute Gasteiger partial charge is 0.368 e. The highest BCUT2D eigenvalue weighted by Gasteiger charge is 2.46. The van der Waals surface area contributed by atoms with Gasteiger partial charge in [-0.1, -0.05) is 0 Å². The Balaban J connectivity index is 1.78.